The molecule has 0 aromatic heterocycles. The summed E-state index contributed by atoms with van der Waals surface area (Å²) >= 11 is 0. The van der Waals surface area contributed by atoms with Crippen LogP contribution in [0.25, 0.3) is 0 Å². The lowest BCUT2D eigenvalue weighted by Crippen LogP contribution is -2.63. The van der Waals surface area contributed by atoms with Crippen molar-refractivity contribution in [2.75, 3.05) is 6.61 Å². The van der Waals surface area contributed by atoms with E-state index in [4.69, 9.17) is 4.74 Å². The zero-order valence-corrected chi connectivity index (χ0v) is 20.4. The number of aliphatic hydroxyl groups excluding tert-OH is 4. The number of amides is 1. The first-order valence-electron chi connectivity index (χ1n) is 12.9. The summed E-state index contributed by atoms with van der Waals surface area (Å²) in [5.41, 5.74) is 0. The minimum atomic E-state index is -1.48. The highest BCUT2D eigenvalue weighted by molar-refractivity contribution is 5.76. The average Bonchev–Trinajstić information content (AvgIpc) is 2.81. The van der Waals surface area contributed by atoms with Crippen molar-refractivity contribution in [3.05, 3.63) is 24.3 Å². The van der Waals surface area contributed by atoms with Gasteiger partial charge in [-0.05, 0) is 38.5 Å². The standard InChI is InChI=1S/C26H47NO6/c1-2-3-4-5-6-7-8-9-10-11-12-13-14-15-16-17-18-19-22(29)27-26-25(32)24(31)23(30)21(20-28)33-26/h6-7,9-10,21,23-26,28,30-32H,2-5,8,11-20H2,1H3,(H,27,29)/b7-6-,10-9-/t21-,23-,24+,25-,26-/m1/s1. The summed E-state index contributed by atoms with van der Waals surface area (Å²) in [7, 11) is 0. The number of carbonyl (C=O) groups is 1. The van der Waals surface area contributed by atoms with Crippen LogP contribution in [0.15, 0.2) is 24.3 Å². The van der Waals surface area contributed by atoms with E-state index in [1.165, 1.54) is 51.4 Å². The van der Waals surface area contributed by atoms with E-state index in [0.717, 1.165) is 32.1 Å². The third-order valence-corrected chi connectivity index (χ3v) is 6.05. The normalized spacial score (nSPS) is 25.8. The number of hydrogen-bond donors (Lipinski definition) is 5. The van der Waals surface area contributed by atoms with Crippen molar-refractivity contribution in [2.24, 2.45) is 0 Å². The van der Waals surface area contributed by atoms with Crippen LogP contribution in [0, 0.1) is 0 Å². The van der Waals surface area contributed by atoms with E-state index < -0.39 is 37.3 Å². The van der Waals surface area contributed by atoms with Crippen LogP contribution < -0.4 is 5.32 Å². The highest BCUT2D eigenvalue weighted by Gasteiger charge is 2.43. The van der Waals surface area contributed by atoms with Gasteiger partial charge in [0.15, 0.2) is 6.23 Å². The molecular formula is C26H47NO6. The first kappa shape index (κ1) is 29.8. The van der Waals surface area contributed by atoms with Crippen molar-refractivity contribution in [2.45, 2.75) is 127 Å². The quantitative estimate of drug-likeness (QED) is 0.155. The molecule has 1 amide bonds. The van der Waals surface area contributed by atoms with E-state index in [1.807, 2.05) is 0 Å². The number of ether oxygens (including phenoxy) is 1. The molecule has 0 aliphatic carbocycles. The lowest BCUT2D eigenvalue weighted by molar-refractivity contribution is -0.236. The van der Waals surface area contributed by atoms with Crippen LogP contribution in [0.5, 0.6) is 0 Å². The van der Waals surface area contributed by atoms with E-state index in [9.17, 15) is 25.2 Å². The van der Waals surface area contributed by atoms with Gasteiger partial charge in [0.05, 0.1) is 6.61 Å². The van der Waals surface area contributed by atoms with Crippen LogP contribution >= 0.6 is 0 Å². The van der Waals surface area contributed by atoms with Crippen LogP contribution in [-0.2, 0) is 9.53 Å². The Morgan fingerprint density at radius 3 is 1.97 bits per heavy atom. The molecule has 0 saturated carbocycles. The van der Waals surface area contributed by atoms with Crippen molar-refractivity contribution in [3.8, 4) is 0 Å². The summed E-state index contributed by atoms with van der Waals surface area (Å²) in [5, 5.41) is 41.2. The summed E-state index contributed by atoms with van der Waals surface area (Å²) in [4.78, 5) is 12.1. The Bertz CT molecular complexity index is 551. The summed E-state index contributed by atoms with van der Waals surface area (Å²) in [6.07, 6.45) is 17.8. The van der Waals surface area contributed by atoms with Crippen molar-refractivity contribution >= 4 is 5.91 Å². The molecule has 1 fully saturated rings. The Morgan fingerprint density at radius 1 is 0.788 bits per heavy atom. The fraction of sp³-hybridized carbons (Fsp3) is 0.808. The molecule has 5 atom stereocenters. The van der Waals surface area contributed by atoms with E-state index in [2.05, 4.69) is 36.5 Å². The predicted molar refractivity (Wildman–Crippen MR) is 131 cm³/mol. The van der Waals surface area contributed by atoms with Crippen LogP contribution in [-0.4, -0.2) is 63.6 Å². The number of aliphatic hydroxyl groups is 4. The van der Waals surface area contributed by atoms with E-state index >= 15 is 0 Å². The summed E-state index contributed by atoms with van der Waals surface area (Å²) in [5.74, 6) is -0.276. The molecule has 0 aromatic rings. The van der Waals surface area contributed by atoms with Crippen molar-refractivity contribution < 1.29 is 30.0 Å². The predicted octanol–water partition coefficient (Wildman–Crippen LogP) is 3.50. The number of nitrogens with one attached hydrogen (secondary N) is 1. The zero-order valence-electron chi connectivity index (χ0n) is 20.4. The van der Waals surface area contributed by atoms with Crippen LogP contribution in [0.1, 0.15) is 96.8 Å². The molecule has 1 heterocycles. The number of carbonyl (C=O) groups excluding carboxylic acids is 1. The summed E-state index contributed by atoms with van der Waals surface area (Å²) < 4.78 is 5.29. The summed E-state index contributed by atoms with van der Waals surface area (Å²) in [6.45, 7) is 1.72. The molecule has 7 nitrogen and oxygen atoms in total. The second-order valence-electron chi connectivity index (χ2n) is 9.00. The van der Waals surface area contributed by atoms with Crippen LogP contribution in [0.2, 0.25) is 0 Å². The SMILES string of the molecule is CCCCC/C=C\C/C=C\CCCCCCCCCC(=O)N[C@@H]1O[C@H](CO)[C@@H](O)[C@H](O)[C@H]1O. The van der Waals surface area contributed by atoms with E-state index in [0.29, 0.717) is 6.42 Å². The smallest absolute Gasteiger partial charge is 0.222 e. The maximum atomic E-state index is 12.1. The van der Waals surface area contributed by atoms with Crippen molar-refractivity contribution in [1.82, 2.24) is 5.32 Å². The Balaban J connectivity index is 1.97. The molecule has 0 unspecified atom stereocenters. The molecule has 1 rings (SSSR count). The van der Waals surface area contributed by atoms with Crippen LogP contribution in [0.3, 0.4) is 0 Å². The maximum Gasteiger partial charge on any atom is 0.222 e. The highest BCUT2D eigenvalue weighted by Crippen LogP contribution is 2.20. The topological polar surface area (TPSA) is 119 Å². The molecular weight excluding hydrogens is 422 g/mol. The molecule has 5 N–H and O–H groups in total. The zero-order chi connectivity index (χ0) is 24.3. The molecule has 33 heavy (non-hydrogen) atoms. The minimum Gasteiger partial charge on any atom is -0.394 e. The molecule has 0 spiro atoms. The summed E-state index contributed by atoms with van der Waals surface area (Å²) in [6, 6.07) is 0. The van der Waals surface area contributed by atoms with Gasteiger partial charge in [-0.1, -0.05) is 76.2 Å². The largest absolute Gasteiger partial charge is 0.394 e. The molecule has 0 radical (unpaired) electrons. The monoisotopic (exact) mass is 469 g/mol. The lowest BCUT2D eigenvalue weighted by atomic mass is 9.98. The van der Waals surface area contributed by atoms with Gasteiger partial charge < -0.3 is 30.5 Å². The minimum absolute atomic E-state index is 0.276. The van der Waals surface area contributed by atoms with Gasteiger partial charge in [-0.15, -0.1) is 0 Å². The fourth-order valence-corrected chi connectivity index (χ4v) is 3.90. The highest BCUT2D eigenvalue weighted by atomic mass is 16.6. The van der Waals surface area contributed by atoms with E-state index in [1.54, 1.807) is 0 Å². The first-order valence-corrected chi connectivity index (χ1v) is 12.9. The van der Waals surface area contributed by atoms with Gasteiger partial charge in [-0.3, -0.25) is 4.79 Å². The number of allylic oxidation sites excluding steroid dienone is 4. The molecule has 1 saturated heterocycles. The molecule has 0 bridgehead atoms. The Kier molecular flexibility index (Phi) is 17.2. The van der Waals surface area contributed by atoms with Gasteiger partial charge in [0.1, 0.15) is 24.4 Å². The first-order chi connectivity index (χ1) is 16.0. The molecule has 192 valence electrons. The second-order valence-corrected chi connectivity index (χ2v) is 9.00. The fourth-order valence-electron chi connectivity index (χ4n) is 3.90. The van der Waals surface area contributed by atoms with Crippen molar-refractivity contribution in [3.63, 3.8) is 0 Å². The Labute approximate surface area is 199 Å². The van der Waals surface area contributed by atoms with Crippen LogP contribution in [0.4, 0.5) is 0 Å². The maximum absolute atomic E-state index is 12.1. The third-order valence-electron chi connectivity index (χ3n) is 6.05. The van der Waals surface area contributed by atoms with Gasteiger partial charge >= 0.3 is 0 Å². The number of unbranched alkanes of at least 4 members (excludes halogenated alkanes) is 10. The van der Waals surface area contributed by atoms with Gasteiger partial charge in [-0.2, -0.15) is 0 Å². The number of hydrogen-bond acceptors (Lipinski definition) is 6. The van der Waals surface area contributed by atoms with Gasteiger partial charge in [0.2, 0.25) is 5.91 Å². The van der Waals surface area contributed by atoms with Gasteiger partial charge in [0.25, 0.3) is 0 Å². The Hall–Kier alpha value is -1.25. The molecule has 1 aliphatic rings. The van der Waals surface area contributed by atoms with Gasteiger partial charge in [0, 0.05) is 6.42 Å². The molecule has 7 heteroatoms. The second kappa shape index (κ2) is 19.1. The third kappa shape index (κ3) is 13.3. The number of rotatable bonds is 18. The average molecular weight is 470 g/mol. The molecule has 1 aliphatic heterocycles. The lowest BCUT2D eigenvalue weighted by Gasteiger charge is -2.40. The van der Waals surface area contributed by atoms with Gasteiger partial charge in [-0.25, -0.2) is 0 Å². The van der Waals surface area contributed by atoms with Crippen molar-refractivity contribution in [1.29, 1.82) is 0 Å². The van der Waals surface area contributed by atoms with E-state index in [-0.39, 0.29) is 5.91 Å². The molecule has 0 aromatic carbocycles. The Morgan fingerprint density at radius 2 is 1.36 bits per heavy atom.